The van der Waals surface area contributed by atoms with Gasteiger partial charge in [0, 0.05) is 10.6 Å². The van der Waals surface area contributed by atoms with E-state index in [9.17, 15) is 0 Å². The van der Waals surface area contributed by atoms with Crippen molar-refractivity contribution >= 4 is 11.6 Å². The third kappa shape index (κ3) is 1.55. The Labute approximate surface area is 80.3 Å². The second-order valence-electron chi connectivity index (χ2n) is 2.72. The highest BCUT2D eigenvalue weighted by molar-refractivity contribution is 6.31. The summed E-state index contributed by atoms with van der Waals surface area (Å²) in [5.74, 6) is 0.557. The summed E-state index contributed by atoms with van der Waals surface area (Å²) in [6.07, 6.45) is 1.29. The fourth-order valence-corrected chi connectivity index (χ4v) is 1.21. The van der Waals surface area contributed by atoms with Gasteiger partial charge in [0.05, 0.1) is 0 Å². The second-order valence-corrected chi connectivity index (χ2v) is 3.13. The first-order valence-corrected chi connectivity index (χ1v) is 4.18. The fraction of sp³-hybridized carbons (Fsp3) is 0.111. The Morgan fingerprint density at radius 1 is 1.38 bits per heavy atom. The van der Waals surface area contributed by atoms with E-state index in [0.717, 1.165) is 11.1 Å². The number of hydrogen-bond acceptors (Lipinski definition) is 3. The van der Waals surface area contributed by atoms with Crippen molar-refractivity contribution in [2.75, 3.05) is 0 Å². The zero-order chi connectivity index (χ0) is 9.26. The standard InChI is InChI=1S/C9H7ClN2O/c1-6-2-3-7(4-8(6)10)9-11-5-13-12-9/h2-5H,1H3. The van der Waals surface area contributed by atoms with Crippen LogP contribution in [0.5, 0.6) is 0 Å². The van der Waals surface area contributed by atoms with E-state index in [-0.39, 0.29) is 0 Å². The van der Waals surface area contributed by atoms with Crippen LogP contribution in [0.4, 0.5) is 0 Å². The SMILES string of the molecule is Cc1ccc(-c2ncon2)cc1Cl. The van der Waals surface area contributed by atoms with Crippen molar-refractivity contribution in [3.05, 3.63) is 35.2 Å². The molecule has 1 heterocycles. The molecule has 0 radical (unpaired) electrons. The van der Waals surface area contributed by atoms with Gasteiger partial charge in [-0.15, -0.1) is 0 Å². The van der Waals surface area contributed by atoms with Crippen LogP contribution in [0.1, 0.15) is 5.56 Å². The van der Waals surface area contributed by atoms with Gasteiger partial charge in [-0.3, -0.25) is 0 Å². The van der Waals surface area contributed by atoms with Crippen LogP contribution in [0.3, 0.4) is 0 Å². The highest BCUT2D eigenvalue weighted by Gasteiger charge is 2.04. The van der Waals surface area contributed by atoms with Crippen molar-refractivity contribution in [1.29, 1.82) is 0 Å². The number of halogens is 1. The number of aryl methyl sites for hydroxylation is 1. The van der Waals surface area contributed by atoms with Crippen molar-refractivity contribution in [1.82, 2.24) is 10.1 Å². The minimum absolute atomic E-state index is 0.557. The summed E-state index contributed by atoms with van der Waals surface area (Å²) in [4.78, 5) is 3.92. The maximum atomic E-state index is 5.94. The van der Waals surface area contributed by atoms with Gasteiger partial charge >= 0.3 is 0 Å². The number of rotatable bonds is 1. The van der Waals surface area contributed by atoms with E-state index in [4.69, 9.17) is 11.6 Å². The van der Waals surface area contributed by atoms with Gasteiger partial charge < -0.3 is 4.52 Å². The maximum Gasteiger partial charge on any atom is 0.214 e. The van der Waals surface area contributed by atoms with Crippen molar-refractivity contribution in [3.8, 4) is 11.4 Å². The molecule has 3 nitrogen and oxygen atoms in total. The molecule has 0 saturated heterocycles. The van der Waals surface area contributed by atoms with Crippen LogP contribution >= 0.6 is 11.6 Å². The van der Waals surface area contributed by atoms with E-state index in [1.807, 2.05) is 25.1 Å². The molecular formula is C9H7ClN2O. The van der Waals surface area contributed by atoms with E-state index >= 15 is 0 Å². The van der Waals surface area contributed by atoms with Crippen LogP contribution in [0, 0.1) is 6.92 Å². The molecule has 1 aromatic heterocycles. The lowest BCUT2D eigenvalue weighted by molar-refractivity contribution is 0.419. The first kappa shape index (κ1) is 8.26. The third-order valence-corrected chi connectivity index (χ3v) is 2.20. The summed E-state index contributed by atoms with van der Waals surface area (Å²) in [7, 11) is 0. The predicted octanol–water partition coefficient (Wildman–Crippen LogP) is 2.70. The van der Waals surface area contributed by atoms with Gasteiger partial charge in [-0.05, 0) is 18.6 Å². The maximum absolute atomic E-state index is 5.94. The molecule has 1 aromatic carbocycles. The van der Waals surface area contributed by atoms with Crippen molar-refractivity contribution in [2.45, 2.75) is 6.92 Å². The first-order valence-electron chi connectivity index (χ1n) is 3.80. The summed E-state index contributed by atoms with van der Waals surface area (Å²) >= 11 is 5.94. The minimum atomic E-state index is 0.557. The predicted molar refractivity (Wildman–Crippen MR) is 49.5 cm³/mol. The van der Waals surface area contributed by atoms with Crippen molar-refractivity contribution in [2.24, 2.45) is 0 Å². The van der Waals surface area contributed by atoms with Gasteiger partial charge in [-0.25, -0.2) is 0 Å². The molecule has 0 aliphatic heterocycles. The summed E-state index contributed by atoms with van der Waals surface area (Å²) in [5, 5.41) is 4.42. The van der Waals surface area contributed by atoms with Gasteiger partial charge in [0.1, 0.15) is 0 Å². The second kappa shape index (κ2) is 3.18. The van der Waals surface area contributed by atoms with Crippen LogP contribution in [-0.4, -0.2) is 10.1 Å². The number of benzene rings is 1. The molecule has 0 spiro atoms. The van der Waals surface area contributed by atoms with E-state index in [1.54, 1.807) is 0 Å². The van der Waals surface area contributed by atoms with Gasteiger partial charge in [-0.2, -0.15) is 4.98 Å². The first-order chi connectivity index (χ1) is 6.27. The highest BCUT2D eigenvalue weighted by atomic mass is 35.5. The Morgan fingerprint density at radius 2 is 2.23 bits per heavy atom. The zero-order valence-corrected chi connectivity index (χ0v) is 7.75. The van der Waals surface area contributed by atoms with E-state index in [1.165, 1.54) is 6.39 Å². The minimum Gasteiger partial charge on any atom is -0.342 e. The Bertz CT molecular complexity index is 412. The lowest BCUT2D eigenvalue weighted by Gasteiger charge is -1.98. The quantitative estimate of drug-likeness (QED) is 0.701. The molecule has 0 aliphatic carbocycles. The summed E-state index contributed by atoms with van der Waals surface area (Å²) in [6, 6.07) is 5.65. The van der Waals surface area contributed by atoms with E-state index in [0.29, 0.717) is 10.8 Å². The topological polar surface area (TPSA) is 38.9 Å². The van der Waals surface area contributed by atoms with Gasteiger partial charge in [0.2, 0.25) is 12.2 Å². The summed E-state index contributed by atoms with van der Waals surface area (Å²) in [6.45, 7) is 1.95. The van der Waals surface area contributed by atoms with Gasteiger partial charge in [0.15, 0.2) is 0 Å². The molecule has 66 valence electrons. The van der Waals surface area contributed by atoms with Gasteiger partial charge in [0.25, 0.3) is 0 Å². The van der Waals surface area contributed by atoms with Gasteiger partial charge in [-0.1, -0.05) is 28.9 Å². The lowest BCUT2D eigenvalue weighted by atomic mass is 10.1. The molecule has 0 N–H and O–H groups in total. The molecule has 0 aliphatic rings. The lowest BCUT2D eigenvalue weighted by Crippen LogP contribution is -1.81. The molecule has 13 heavy (non-hydrogen) atoms. The van der Waals surface area contributed by atoms with Crippen LogP contribution in [-0.2, 0) is 0 Å². The van der Waals surface area contributed by atoms with Crippen molar-refractivity contribution in [3.63, 3.8) is 0 Å². The molecule has 0 bridgehead atoms. The van der Waals surface area contributed by atoms with Crippen LogP contribution in [0.2, 0.25) is 5.02 Å². The highest BCUT2D eigenvalue weighted by Crippen LogP contribution is 2.22. The molecule has 0 unspecified atom stereocenters. The third-order valence-electron chi connectivity index (χ3n) is 1.79. The smallest absolute Gasteiger partial charge is 0.214 e. The average molecular weight is 195 g/mol. The Kier molecular flexibility index (Phi) is 2.02. The number of nitrogens with zero attached hydrogens (tertiary/aromatic N) is 2. The Hall–Kier alpha value is -1.35. The fourth-order valence-electron chi connectivity index (χ4n) is 1.03. The molecule has 0 saturated carbocycles. The summed E-state index contributed by atoms with van der Waals surface area (Å²) < 4.78 is 4.63. The Morgan fingerprint density at radius 3 is 2.85 bits per heavy atom. The zero-order valence-electron chi connectivity index (χ0n) is 6.99. The van der Waals surface area contributed by atoms with Crippen LogP contribution in [0.25, 0.3) is 11.4 Å². The molecule has 0 amide bonds. The molecule has 2 aromatic rings. The molecule has 0 atom stereocenters. The number of hydrogen-bond donors (Lipinski definition) is 0. The Balaban J connectivity index is 2.49. The molecule has 4 heteroatoms. The monoisotopic (exact) mass is 194 g/mol. The van der Waals surface area contributed by atoms with Crippen LogP contribution < -0.4 is 0 Å². The average Bonchev–Trinajstić information content (AvgIpc) is 2.62. The van der Waals surface area contributed by atoms with E-state index < -0.39 is 0 Å². The molecule has 0 fully saturated rings. The largest absolute Gasteiger partial charge is 0.342 e. The number of aromatic nitrogens is 2. The van der Waals surface area contributed by atoms with E-state index in [2.05, 4.69) is 14.7 Å². The summed E-state index contributed by atoms with van der Waals surface area (Å²) in [5.41, 5.74) is 1.90. The molecular weight excluding hydrogens is 188 g/mol. The van der Waals surface area contributed by atoms with Crippen LogP contribution in [0.15, 0.2) is 29.1 Å². The van der Waals surface area contributed by atoms with Crippen molar-refractivity contribution < 1.29 is 4.52 Å². The normalized spacial score (nSPS) is 10.3. The molecule has 2 rings (SSSR count).